The highest BCUT2D eigenvalue weighted by atomic mass is 19.4. The van der Waals surface area contributed by atoms with Crippen LogP contribution in [-0.2, 0) is 14.3 Å². The van der Waals surface area contributed by atoms with E-state index in [-0.39, 0.29) is 24.4 Å². The molecule has 2 N–H and O–H groups in total. The summed E-state index contributed by atoms with van der Waals surface area (Å²) < 4.78 is 46.8. The number of amides is 2. The van der Waals surface area contributed by atoms with Crippen molar-refractivity contribution in [3.05, 3.63) is 72.3 Å². The van der Waals surface area contributed by atoms with E-state index in [1.807, 2.05) is 6.07 Å². The number of aromatic hydroxyl groups is 1. The third-order valence-corrected chi connectivity index (χ3v) is 5.90. The van der Waals surface area contributed by atoms with Crippen LogP contribution in [0.1, 0.15) is 16.8 Å². The smallest absolute Gasteiger partial charge is 0.422 e. The lowest BCUT2D eigenvalue weighted by atomic mass is 10.0. The Morgan fingerprint density at radius 1 is 1.05 bits per heavy atom. The molecule has 3 aromatic rings. The maximum absolute atomic E-state index is 13.1. The molecule has 1 fully saturated rings. The highest BCUT2D eigenvalue weighted by Gasteiger charge is 2.38. The summed E-state index contributed by atoms with van der Waals surface area (Å²) >= 11 is 0. The van der Waals surface area contributed by atoms with E-state index >= 15 is 0 Å². The fraction of sp³-hybridized carbons (Fsp3) is 0.222. The van der Waals surface area contributed by atoms with E-state index in [1.165, 1.54) is 24.1 Å². The second-order valence-electron chi connectivity index (χ2n) is 8.59. The van der Waals surface area contributed by atoms with E-state index in [0.29, 0.717) is 17.0 Å². The van der Waals surface area contributed by atoms with Crippen LogP contribution in [0.15, 0.2) is 66.7 Å². The number of hydrogen-bond donors (Lipinski definition) is 2. The van der Waals surface area contributed by atoms with Crippen molar-refractivity contribution in [1.82, 2.24) is 0 Å². The molecule has 11 heteroatoms. The summed E-state index contributed by atoms with van der Waals surface area (Å²) in [7, 11) is 1.41. The molecule has 1 aliphatic rings. The second kappa shape index (κ2) is 10.8. The summed E-state index contributed by atoms with van der Waals surface area (Å²) in [5.41, 5.74) is 2.47. The zero-order valence-corrected chi connectivity index (χ0v) is 20.1. The van der Waals surface area contributed by atoms with Crippen LogP contribution in [0.3, 0.4) is 0 Å². The Hall–Kier alpha value is -4.54. The van der Waals surface area contributed by atoms with E-state index in [9.17, 15) is 32.7 Å². The monoisotopic (exact) mass is 528 g/mol. The predicted octanol–water partition coefficient (Wildman–Crippen LogP) is 4.78. The predicted molar refractivity (Wildman–Crippen MR) is 132 cm³/mol. The third-order valence-electron chi connectivity index (χ3n) is 5.90. The van der Waals surface area contributed by atoms with Gasteiger partial charge in [0.15, 0.2) is 6.61 Å². The van der Waals surface area contributed by atoms with Gasteiger partial charge in [0.25, 0.3) is 5.91 Å². The molecule has 1 saturated heterocycles. The van der Waals surface area contributed by atoms with Crippen molar-refractivity contribution in [3.8, 4) is 22.6 Å². The number of alkyl halides is 3. The number of nitrogens with zero attached hydrogens (tertiary/aromatic N) is 1. The van der Waals surface area contributed by atoms with Gasteiger partial charge in [0.2, 0.25) is 5.91 Å². The van der Waals surface area contributed by atoms with Gasteiger partial charge in [0.05, 0.1) is 18.7 Å². The standard InChI is InChI=1S/C27H23F3N2O6/c1-37-23-10-7-20(32-14-19(12-24(32)34)26(36)38-15-27(28,29)30)13-22(23)31-25(35)18-4-2-3-17(11-18)16-5-8-21(33)9-6-16/h2-11,13,19,33H,12,14-15H2,1H3,(H,31,35). The molecular weight excluding hydrogens is 505 g/mol. The lowest BCUT2D eigenvalue weighted by Crippen LogP contribution is -2.28. The largest absolute Gasteiger partial charge is 0.508 e. The van der Waals surface area contributed by atoms with Crippen molar-refractivity contribution in [2.75, 3.05) is 30.5 Å². The van der Waals surface area contributed by atoms with Crippen LogP contribution in [0.4, 0.5) is 24.5 Å². The zero-order valence-electron chi connectivity index (χ0n) is 20.1. The average Bonchev–Trinajstić information content (AvgIpc) is 3.29. The summed E-state index contributed by atoms with van der Waals surface area (Å²) in [4.78, 5) is 38.9. The number of phenols is 1. The van der Waals surface area contributed by atoms with Crippen LogP contribution in [0.5, 0.6) is 11.5 Å². The highest BCUT2D eigenvalue weighted by molar-refractivity contribution is 6.06. The van der Waals surface area contributed by atoms with Crippen LogP contribution in [0.2, 0.25) is 0 Å². The molecule has 198 valence electrons. The lowest BCUT2D eigenvalue weighted by molar-refractivity contribution is -0.188. The fourth-order valence-electron chi connectivity index (χ4n) is 4.04. The maximum Gasteiger partial charge on any atom is 0.422 e. The summed E-state index contributed by atoms with van der Waals surface area (Å²) in [6.45, 7) is -1.88. The first-order chi connectivity index (χ1) is 18.0. The van der Waals surface area contributed by atoms with Crippen LogP contribution in [0.25, 0.3) is 11.1 Å². The molecule has 2 amide bonds. The first-order valence-corrected chi connectivity index (χ1v) is 11.5. The number of anilines is 2. The highest BCUT2D eigenvalue weighted by Crippen LogP contribution is 2.34. The molecule has 1 heterocycles. The molecule has 1 aliphatic heterocycles. The minimum Gasteiger partial charge on any atom is -0.508 e. The lowest BCUT2D eigenvalue weighted by Gasteiger charge is -2.19. The molecule has 0 radical (unpaired) electrons. The number of carbonyl (C=O) groups excluding carboxylic acids is 3. The Morgan fingerprint density at radius 2 is 1.79 bits per heavy atom. The first kappa shape index (κ1) is 26.5. The molecule has 0 aromatic heterocycles. The van der Waals surface area contributed by atoms with Gasteiger partial charge in [-0.25, -0.2) is 0 Å². The van der Waals surface area contributed by atoms with Crippen LogP contribution in [-0.4, -0.2) is 49.3 Å². The van der Waals surface area contributed by atoms with Gasteiger partial charge in [0, 0.05) is 24.2 Å². The van der Waals surface area contributed by atoms with Gasteiger partial charge in [-0.2, -0.15) is 13.2 Å². The SMILES string of the molecule is COc1ccc(N2CC(C(=O)OCC(F)(F)F)CC2=O)cc1NC(=O)c1cccc(-c2ccc(O)cc2)c1. The number of esters is 1. The number of halogens is 3. The van der Waals surface area contributed by atoms with Crippen molar-refractivity contribution >= 4 is 29.2 Å². The summed E-state index contributed by atoms with van der Waals surface area (Å²) in [5.74, 6) is -2.65. The number of hydrogen-bond acceptors (Lipinski definition) is 6. The quantitative estimate of drug-likeness (QED) is 0.428. The van der Waals surface area contributed by atoms with Crippen LogP contribution < -0.4 is 15.0 Å². The van der Waals surface area contributed by atoms with Crippen molar-refractivity contribution in [1.29, 1.82) is 0 Å². The molecule has 4 rings (SSSR count). The van der Waals surface area contributed by atoms with E-state index in [4.69, 9.17) is 4.74 Å². The number of carbonyl (C=O) groups is 3. The number of nitrogens with one attached hydrogen (secondary N) is 1. The molecule has 3 aromatic carbocycles. The summed E-state index contributed by atoms with van der Waals surface area (Å²) in [6, 6.07) is 17.9. The molecule has 0 bridgehead atoms. The normalized spacial score (nSPS) is 15.3. The Morgan fingerprint density at radius 3 is 2.47 bits per heavy atom. The molecule has 1 atom stereocenters. The molecular formula is C27H23F3N2O6. The Balaban J connectivity index is 1.51. The topological polar surface area (TPSA) is 105 Å². The van der Waals surface area contributed by atoms with E-state index < -0.39 is 36.5 Å². The van der Waals surface area contributed by atoms with Crippen LogP contribution in [0, 0.1) is 5.92 Å². The number of phenolic OH excluding ortho intramolecular Hbond substituents is 1. The van der Waals surface area contributed by atoms with Gasteiger partial charge in [0.1, 0.15) is 11.5 Å². The average molecular weight is 528 g/mol. The zero-order chi connectivity index (χ0) is 27.4. The molecule has 38 heavy (non-hydrogen) atoms. The molecule has 8 nitrogen and oxygen atoms in total. The number of ether oxygens (including phenoxy) is 2. The summed E-state index contributed by atoms with van der Waals surface area (Å²) in [5, 5.41) is 12.3. The van der Waals surface area contributed by atoms with Gasteiger partial charge in [-0.1, -0.05) is 24.3 Å². The number of methoxy groups -OCH3 is 1. The minimum atomic E-state index is -4.66. The number of rotatable bonds is 7. The Kier molecular flexibility index (Phi) is 7.56. The van der Waals surface area contributed by atoms with Crippen molar-refractivity contribution < 1.29 is 42.1 Å². The second-order valence-corrected chi connectivity index (χ2v) is 8.59. The Bertz CT molecular complexity index is 1360. The van der Waals surface area contributed by atoms with Crippen molar-refractivity contribution in [2.24, 2.45) is 5.92 Å². The molecule has 0 saturated carbocycles. The van der Waals surface area contributed by atoms with Gasteiger partial charge in [-0.05, 0) is 53.6 Å². The number of benzene rings is 3. The fourth-order valence-corrected chi connectivity index (χ4v) is 4.04. The molecule has 0 aliphatic carbocycles. The third kappa shape index (κ3) is 6.23. The van der Waals surface area contributed by atoms with E-state index in [0.717, 1.165) is 11.1 Å². The van der Waals surface area contributed by atoms with Crippen LogP contribution >= 0.6 is 0 Å². The van der Waals surface area contributed by atoms with Gasteiger partial charge < -0.3 is 24.8 Å². The van der Waals surface area contributed by atoms with E-state index in [1.54, 1.807) is 48.5 Å². The maximum atomic E-state index is 13.1. The minimum absolute atomic E-state index is 0.121. The van der Waals surface area contributed by atoms with E-state index in [2.05, 4.69) is 10.1 Å². The summed E-state index contributed by atoms with van der Waals surface area (Å²) in [6.07, 6.45) is -4.96. The molecule has 0 spiro atoms. The van der Waals surface area contributed by atoms with Gasteiger partial charge in [-0.3, -0.25) is 14.4 Å². The molecule has 1 unspecified atom stereocenters. The first-order valence-electron chi connectivity index (χ1n) is 11.5. The van der Waals surface area contributed by atoms with Gasteiger partial charge in [-0.15, -0.1) is 0 Å². The van der Waals surface area contributed by atoms with Crippen molar-refractivity contribution in [3.63, 3.8) is 0 Å². The Labute approximate surface area is 215 Å². The van der Waals surface area contributed by atoms with Gasteiger partial charge >= 0.3 is 12.1 Å². The van der Waals surface area contributed by atoms with Crippen molar-refractivity contribution in [2.45, 2.75) is 12.6 Å².